The number of methoxy groups -OCH3 is 1. The summed E-state index contributed by atoms with van der Waals surface area (Å²) in [5.41, 5.74) is 0. The first kappa shape index (κ1) is 14.4. The number of rotatable bonds is 6. The summed E-state index contributed by atoms with van der Waals surface area (Å²) in [6, 6.07) is 0. The molecule has 0 saturated heterocycles. The minimum absolute atomic E-state index is 0.0184. The van der Waals surface area contributed by atoms with Gasteiger partial charge in [-0.05, 0) is 17.4 Å². The molecule has 1 aromatic heterocycles. The van der Waals surface area contributed by atoms with Crippen molar-refractivity contribution in [3.8, 4) is 0 Å². The zero-order valence-corrected chi connectivity index (χ0v) is 11.3. The normalized spacial score (nSPS) is 10.2. The fourth-order valence-corrected chi connectivity index (χ4v) is 1.82. The van der Waals surface area contributed by atoms with Crippen LogP contribution in [0.2, 0.25) is 0 Å². The first-order chi connectivity index (χ1) is 8.58. The quantitative estimate of drug-likeness (QED) is 0.505. The van der Waals surface area contributed by atoms with E-state index in [1.165, 1.54) is 23.6 Å². The van der Waals surface area contributed by atoms with Crippen LogP contribution in [0.15, 0.2) is 5.16 Å². The third-order valence-electron chi connectivity index (χ3n) is 2.23. The molecule has 0 unspecified atom stereocenters. The summed E-state index contributed by atoms with van der Waals surface area (Å²) in [4.78, 5) is 24.3. The van der Waals surface area contributed by atoms with Crippen LogP contribution in [-0.4, -0.2) is 63.4 Å². The Labute approximate surface area is 109 Å². The van der Waals surface area contributed by atoms with Crippen molar-refractivity contribution in [2.45, 2.75) is 18.6 Å². The molecule has 1 amide bonds. The molecule has 0 aliphatic carbocycles. The lowest BCUT2D eigenvalue weighted by molar-refractivity contribution is -0.141. The van der Waals surface area contributed by atoms with Gasteiger partial charge < -0.3 is 9.64 Å². The van der Waals surface area contributed by atoms with Gasteiger partial charge in [0.25, 0.3) is 0 Å². The van der Waals surface area contributed by atoms with E-state index in [-0.39, 0.29) is 18.2 Å². The van der Waals surface area contributed by atoms with Gasteiger partial charge in [-0.15, -0.1) is 5.10 Å². The minimum atomic E-state index is -0.443. The van der Waals surface area contributed by atoms with E-state index < -0.39 is 5.97 Å². The second-order valence-electron chi connectivity index (χ2n) is 3.39. The topological polar surface area (TPSA) is 90.2 Å². The van der Waals surface area contributed by atoms with Crippen molar-refractivity contribution in [2.75, 3.05) is 26.5 Å². The Kier molecular flexibility index (Phi) is 5.56. The van der Waals surface area contributed by atoms with Crippen LogP contribution < -0.4 is 0 Å². The van der Waals surface area contributed by atoms with E-state index >= 15 is 0 Å². The zero-order valence-electron chi connectivity index (χ0n) is 10.5. The number of thioether (sulfide) groups is 1. The number of esters is 1. The first-order valence-corrected chi connectivity index (χ1v) is 6.26. The van der Waals surface area contributed by atoms with E-state index in [0.717, 1.165) is 0 Å². The third-order valence-corrected chi connectivity index (χ3v) is 3.17. The molecule has 0 aliphatic rings. The van der Waals surface area contributed by atoms with E-state index in [1.54, 1.807) is 11.9 Å². The van der Waals surface area contributed by atoms with E-state index in [9.17, 15) is 9.59 Å². The minimum Gasteiger partial charge on any atom is -0.468 e. The fourth-order valence-electron chi connectivity index (χ4n) is 0.999. The predicted molar refractivity (Wildman–Crippen MR) is 63.9 cm³/mol. The van der Waals surface area contributed by atoms with Crippen molar-refractivity contribution in [1.82, 2.24) is 25.1 Å². The molecule has 0 radical (unpaired) electrons. The molecule has 9 heteroatoms. The monoisotopic (exact) mass is 273 g/mol. The van der Waals surface area contributed by atoms with Crippen LogP contribution in [0, 0.1) is 0 Å². The SMILES string of the molecule is CCN(C)C(=O)CSc1nnnn1CC(=O)OC. The Bertz CT molecular complexity index is 422. The smallest absolute Gasteiger partial charge is 0.327 e. The number of carbonyl (C=O) groups excluding carboxylic acids is 2. The largest absolute Gasteiger partial charge is 0.468 e. The first-order valence-electron chi connectivity index (χ1n) is 5.28. The van der Waals surface area contributed by atoms with Gasteiger partial charge in [-0.1, -0.05) is 11.8 Å². The number of nitrogens with zero attached hydrogens (tertiary/aromatic N) is 5. The molecule has 1 rings (SSSR count). The van der Waals surface area contributed by atoms with Gasteiger partial charge in [0.05, 0.1) is 12.9 Å². The van der Waals surface area contributed by atoms with Crippen LogP contribution in [0.3, 0.4) is 0 Å². The standard InChI is InChI=1S/C9H15N5O3S/c1-4-13(2)7(15)6-18-9-10-11-12-14(9)5-8(16)17-3/h4-6H2,1-3H3. The van der Waals surface area contributed by atoms with Crippen molar-refractivity contribution in [3.63, 3.8) is 0 Å². The van der Waals surface area contributed by atoms with Crippen LogP contribution in [0.4, 0.5) is 0 Å². The summed E-state index contributed by atoms with van der Waals surface area (Å²) in [7, 11) is 3.01. The molecule has 0 fully saturated rings. The van der Waals surface area contributed by atoms with Gasteiger partial charge in [-0.3, -0.25) is 9.59 Å². The third kappa shape index (κ3) is 3.99. The molecule has 100 valence electrons. The highest BCUT2D eigenvalue weighted by molar-refractivity contribution is 7.99. The van der Waals surface area contributed by atoms with Crippen molar-refractivity contribution in [2.24, 2.45) is 0 Å². The Morgan fingerprint density at radius 3 is 2.83 bits per heavy atom. The number of ether oxygens (including phenoxy) is 1. The van der Waals surface area contributed by atoms with E-state index in [0.29, 0.717) is 11.7 Å². The second-order valence-corrected chi connectivity index (χ2v) is 4.33. The summed E-state index contributed by atoms with van der Waals surface area (Å²) < 4.78 is 5.82. The maximum absolute atomic E-state index is 11.6. The number of aromatic nitrogens is 4. The van der Waals surface area contributed by atoms with Crippen LogP contribution in [0.25, 0.3) is 0 Å². The molecule has 0 aliphatic heterocycles. The Balaban J connectivity index is 2.55. The predicted octanol–water partition coefficient (Wildman–Crippen LogP) is -0.583. The summed E-state index contributed by atoms with van der Waals surface area (Å²) >= 11 is 1.19. The lowest BCUT2D eigenvalue weighted by Crippen LogP contribution is -2.28. The average Bonchev–Trinajstić information content (AvgIpc) is 2.81. The lowest BCUT2D eigenvalue weighted by atomic mass is 10.5. The van der Waals surface area contributed by atoms with Crippen LogP contribution in [0.1, 0.15) is 6.92 Å². The molecule has 0 N–H and O–H groups in total. The van der Waals surface area contributed by atoms with Crippen LogP contribution >= 0.6 is 11.8 Å². The van der Waals surface area contributed by atoms with Crippen LogP contribution in [-0.2, 0) is 20.9 Å². The highest BCUT2D eigenvalue weighted by Gasteiger charge is 2.14. The van der Waals surface area contributed by atoms with Gasteiger partial charge in [0.15, 0.2) is 0 Å². The highest BCUT2D eigenvalue weighted by atomic mass is 32.2. The van der Waals surface area contributed by atoms with Gasteiger partial charge in [0.2, 0.25) is 11.1 Å². The maximum Gasteiger partial charge on any atom is 0.327 e. The Morgan fingerprint density at radius 2 is 2.22 bits per heavy atom. The molecular weight excluding hydrogens is 258 g/mol. The van der Waals surface area contributed by atoms with Gasteiger partial charge in [0, 0.05) is 13.6 Å². The highest BCUT2D eigenvalue weighted by Crippen LogP contribution is 2.13. The Hall–Kier alpha value is -1.64. The zero-order chi connectivity index (χ0) is 13.5. The van der Waals surface area contributed by atoms with E-state index in [4.69, 9.17) is 0 Å². The molecule has 1 heterocycles. The van der Waals surface area contributed by atoms with Gasteiger partial charge >= 0.3 is 5.97 Å². The average molecular weight is 273 g/mol. The van der Waals surface area contributed by atoms with E-state index in [1.807, 2.05) is 6.92 Å². The molecule has 0 spiro atoms. The van der Waals surface area contributed by atoms with Crippen molar-refractivity contribution >= 4 is 23.6 Å². The number of hydrogen-bond donors (Lipinski definition) is 0. The summed E-state index contributed by atoms with van der Waals surface area (Å²) in [6.45, 7) is 2.47. The summed E-state index contributed by atoms with van der Waals surface area (Å²) in [5, 5.41) is 11.3. The van der Waals surface area contributed by atoms with Crippen molar-refractivity contribution < 1.29 is 14.3 Å². The molecule has 0 saturated carbocycles. The number of tetrazole rings is 1. The number of carbonyl (C=O) groups is 2. The van der Waals surface area contributed by atoms with Gasteiger partial charge in [0.1, 0.15) is 6.54 Å². The molecule has 0 aromatic carbocycles. The maximum atomic E-state index is 11.6. The van der Waals surface area contributed by atoms with Crippen LogP contribution in [0.5, 0.6) is 0 Å². The number of amides is 1. The fraction of sp³-hybridized carbons (Fsp3) is 0.667. The molecular formula is C9H15N5O3S. The number of hydrogen-bond acceptors (Lipinski definition) is 7. The van der Waals surface area contributed by atoms with Crippen molar-refractivity contribution in [1.29, 1.82) is 0 Å². The molecule has 1 aromatic rings. The molecule has 8 nitrogen and oxygen atoms in total. The van der Waals surface area contributed by atoms with Gasteiger partial charge in [-0.2, -0.15) is 0 Å². The molecule has 0 bridgehead atoms. The van der Waals surface area contributed by atoms with Gasteiger partial charge in [-0.25, -0.2) is 4.68 Å². The second kappa shape index (κ2) is 6.94. The molecule has 0 atom stereocenters. The lowest BCUT2D eigenvalue weighted by Gasteiger charge is -2.13. The summed E-state index contributed by atoms with van der Waals surface area (Å²) in [6.07, 6.45) is 0. The molecule has 18 heavy (non-hydrogen) atoms. The van der Waals surface area contributed by atoms with E-state index in [2.05, 4.69) is 20.3 Å². The van der Waals surface area contributed by atoms with Crippen molar-refractivity contribution in [3.05, 3.63) is 0 Å². The summed E-state index contributed by atoms with van der Waals surface area (Å²) in [5.74, 6) is -0.234. The Morgan fingerprint density at radius 1 is 1.50 bits per heavy atom.